The van der Waals surface area contributed by atoms with Crippen LogP contribution in [0.15, 0.2) is 55.0 Å². The summed E-state index contributed by atoms with van der Waals surface area (Å²) in [6.45, 7) is 3.25. The third-order valence-corrected chi connectivity index (χ3v) is 4.23. The summed E-state index contributed by atoms with van der Waals surface area (Å²) < 4.78 is 13.5. The molecule has 0 bridgehead atoms. The van der Waals surface area contributed by atoms with E-state index in [4.69, 9.17) is 0 Å². The number of aryl methyl sites for hydroxylation is 1. The number of nitrogens with zero attached hydrogens (tertiary/aromatic N) is 3. The van der Waals surface area contributed by atoms with Gasteiger partial charge >= 0.3 is 0 Å². The summed E-state index contributed by atoms with van der Waals surface area (Å²) in [4.78, 5) is 10.9. The van der Waals surface area contributed by atoms with Crippen LogP contribution in [0.25, 0.3) is 11.1 Å². The van der Waals surface area contributed by atoms with E-state index in [1.807, 2.05) is 24.5 Å². The van der Waals surface area contributed by atoms with E-state index in [9.17, 15) is 4.39 Å². The number of pyridine rings is 2. The highest BCUT2D eigenvalue weighted by Crippen LogP contribution is 2.34. The van der Waals surface area contributed by atoms with Crippen molar-refractivity contribution in [2.45, 2.75) is 13.5 Å². The second-order valence-electron chi connectivity index (χ2n) is 5.95. The summed E-state index contributed by atoms with van der Waals surface area (Å²) in [6.07, 6.45) is 5.47. The summed E-state index contributed by atoms with van der Waals surface area (Å²) >= 11 is 0. The Labute approximate surface area is 140 Å². The maximum Gasteiger partial charge on any atom is 0.151 e. The van der Waals surface area contributed by atoms with Crippen LogP contribution in [0.5, 0.6) is 0 Å². The lowest BCUT2D eigenvalue weighted by Crippen LogP contribution is -2.22. The average molecular weight is 320 g/mol. The first kappa shape index (κ1) is 14.6. The normalized spacial score (nSPS) is 12.8. The molecule has 0 aliphatic carbocycles. The zero-order valence-electron chi connectivity index (χ0n) is 13.3. The van der Waals surface area contributed by atoms with Gasteiger partial charge in [-0.2, -0.15) is 0 Å². The summed E-state index contributed by atoms with van der Waals surface area (Å²) in [5.41, 5.74) is 4.79. The minimum absolute atomic E-state index is 0.187. The zero-order valence-corrected chi connectivity index (χ0v) is 13.3. The van der Waals surface area contributed by atoms with Crippen LogP contribution < -0.4 is 10.2 Å². The van der Waals surface area contributed by atoms with E-state index < -0.39 is 0 Å². The van der Waals surface area contributed by atoms with Crippen molar-refractivity contribution in [1.82, 2.24) is 9.97 Å². The Morgan fingerprint density at radius 3 is 2.88 bits per heavy atom. The summed E-state index contributed by atoms with van der Waals surface area (Å²) in [7, 11) is 0. The molecule has 0 radical (unpaired) electrons. The monoisotopic (exact) mass is 320 g/mol. The number of hydrogen-bond donors (Lipinski definition) is 1. The maximum absolute atomic E-state index is 13.5. The first-order valence-corrected chi connectivity index (χ1v) is 7.85. The highest BCUT2D eigenvalue weighted by atomic mass is 19.1. The zero-order chi connectivity index (χ0) is 16.5. The van der Waals surface area contributed by atoms with Gasteiger partial charge in [0, 0.05) is 30.7 Å². The standard InChI is InChI=1S/C19H17FN4/c1-13-7-15(4-5-17(13)20)16-8-18-19(22-10-16)23-12-24(18)11-14-3-2-6-21-9-14/h2-10H,11-12H2,1H3,(H,22,23). The van der Waals surface area contributed by atoms with Crippen molar-refractivity contribution in [2.24, 2.45) is 0 Å². The van der Waals surface area contributed by atoms with Gasteiger partial charge in [0.2, 0.25) is 0 Å². The number of halogens is 1. The van der Waals surface area contributed by atoms with Gasteiger partial charge in [-0.3, -0.25) is 4.98 Å². The average Bonchev–Trinajstić information content (AvgIpc) is 3.00. The largest absolute Gasteiger partial charge is 0.351 e. The Balaban J connectivity index is 1.66. The van der Waals surface area contributed by atoms with Crippen LogP contribution >= 0.6 is 0 Å². The highest BCUT2D eigenvalue weighted by molar-refractivity contribution is 5.77. The molecule has 0 fully saturated rings. The minimum Gasteiger partial charge on any atom is -0.351 e. The molecule has 1 aliphatic heterocycles. The Morgan fingerprint density at radius 1 is 1.17 bits per heavy atom. The quantitative estimate of drug-likeness (QED) is 0.792. The minimum atomic E-state index is -0.187. The first-order valence-electron chi connectivity index (χ1n) is 7.85. The van der Waals surface area contributed by atoms with Gasteiger partial charge in [-0.05, 0) is 47.9 Å². The number of nitrogens with one attached hydrogen (secondary N) is 1. The van der Waals surface area contributed by atoms with Crippen molar-refractivity contribution in [1.29, 1.82) is 0 Å². The molecular formula is C19H17FN4. The number of fused-ring (bicyclic) bond motifs is 1. The van der Waals surface area contributed by atoms with Gasteiger partial charge in [-0.15, -0.1) is 0 Å². The van der Waals surface area contributed by atoms with Crippen LogP contribution in [-0.2, 0) is 6.54 Å². The number of benzene rings is 1. The van der Waals surface area contributed by atoms with Crippen molar-refractivity contribution in [3.8, 4) is 11.1 Å². The maximum atomic E-state index is 13.5. The van der Waals surface area contributed by atoms with Crippen LogP contribution in [0.4, 0.5) is 15.9 Å². The molecule has 3 heterocycles. The van der Waals surface area contributed by atoms with Crippen molar-refractivity contribution in [2.75, 3.05) is 16.9 Å². The molecule has 0 atom stereocenters. The van der Waals surface area contributed by atoms with Crippen molar-refractivity contribution in [3.63, 3.8) is 0 Å². The van der Waals surface area contributed by atoms with Crippen molar-refractivity contribution >= 4 is 11.5 Å². The van der Waals surface area contributed by atoms with E-state index in [1.165, 1.54) is 6.07 Å². The molecular weight excluding hydrogens is 303 g/mol. The fourth-order valence-corrected chi connectivity index (χ4v) is 2.92. The van der Waals surface area contributed by atoms with Gasteiger partial charge in [-0.1, -0.05) is 12.1 Å². The van der Waals surface area contributed by atoms with Crippen molar-refractivity contribution in [3.05, 3.63) is 71.9 Å². The van der Waals surface area contributed by atoms with Gasteiger partial charge in [0.15, 0.2) is 5.82 Å². The molecule has 3 aromatic rings. The third kappa shape index (κ3) is 2.69. The fourth-order valence-electron chi connectivity index (χ4n) is 2.92. The van der Waals surface area contributed by atoms with Crippen molar-refractivity contribution < 1.29 is 4.39 Å². The van der Waals surface area contributed by atoms with E-state index in [2.05, 4.69) is 32.3 Å². The van der Waals surface area contributed by atoms with E-state index in [-0.39, 0.29) is 5.82 Å². The molecule has 0 unspecified atom stereocenters. The predicted octanol–water partition coefficient (Wildman–Crippen LogP) is 3.98. The second kappa shape index (κ2) is 5.92. The highest BCUT2D eigenvalue weighted by Gasteiger charge is 2.20. The molecule has 0 spiro atoms. The summed E-state index contributed by atoms with van der Waals surface area (Å²) in [5, 5.41) is 3.30. The number of aromatic nitrogens is 2. The number of anilines is 2. The molecule has 1 aromatic carbocycles. The lowest BCUT2D eigenvalue weighted by atomic mass is 10.0. The molecule has 4 rings (SSSR count). The Hall–Kier alpha value is -2.95. The van der Waals surface area contributed by atoms with Gasteiger partial charge in [0.25, 0.3) is 0 Å². The molecule has 0 saturated heterocycles. The van der Waals surface area contributed by atoms with Crippen LogP contribution in [0, 0.1) is 12.7 Å². The van der Waals surface area contributed by atoms with Crippen LogP contribution in [0.1, 0.15) is 11.1 Å². The topological polar surface area (TPSA) is 41.1 Å². The molecule has 5 heteroatoms. The van der Waals surface area contributed by atoms with E-state index >= 15 is 0 Å². The smallest absolute Gasteiger partial charge is 0.151 e. The second-order valence-corrected chi connectivity index (χ2v) is 5.95. The fraction of sp³-hybridized carbons (Fsp3) is 0.158. The molecule has 0 saturated carbocycles. The SMILES string of the molecule is Cc1cc(-c2cnc3c(c2)N(Cc2cccnc2)CN3)ccc1F. The molecule has 24 heavy (non-hydrogen) atoms. The van der Waals surface area contributed by atoms with Crippen LogP contribution in [0.2, 0.25) is 0 Å². The Bertz CT molecular complexity index is 880. The Morgan fingerprint density at radius 2 is 2.08 bits per heavy atom. The lowest BCUT2D eigenvalue weighted by molar-refractivity contribution is 0.619. The molecule has 1 N–H and O–H groups in total. The van der Waals surface area contributed by atoms with Gasteiger partial charge in [0.1, 0.15) is 5.82 Å². The molecule has 1 aliphatic rings. The lowest BCUT2D eigenvalue weighted by Gasteiger charge is -2.18. The van der Waals surface area contributed by atoms with E-state index in [0.29, 0.717) is 12.2 Å². The number of rotatable bonds is 3. The summed E-state index contributed by atoms with van der Waals surface area (Å²) in [6, 6.07) is 11.3. The molecule has 0 amide bonds. The van der Waals surface area contributed by atoms with Gasteiger partial charge in [0.05, 0.1) is 12.4 Å². The molecule has 4 nitrogen and oxygen atoms in total. The summed E-state index contributed by atoms with van der Waals surface area (Å²) in [5.74, 6) is 0.689. The van der Waals surface area contributed by atoms with E-state index in [1.54, 1.807) is 19.2 Å². The van der Waals surface area contributed by atoms with Gasteiger partial charge < -0.3 is 10.2 Å². The first-order chi connectivity index (χ1) is 11.7. The van der Waals surface area contributed by atoms with Gasteiger partial charge in [-0.25, -0.2) is 9.37 Å². The molecule has 120 valence electrons. The van der Waals surface area contributed by atoms with Crippen LogP contribution in [0.3, 0.4) is 0 Å². The van der Waals surface area contributed by atoms with E-state index in [0.717, 1.165) is 34.7 Å². The Kier molecular flexibility index (Phi) is 3.61. The van der Waals surface area contributed by atoms with Crippen LogP contribution in [-0.4, -0.2) is 16.6 Å². The number of hydrogen-bond acceptors (Lipinski definition) is 4. The third-order valence-electron chi connectivity index (χ3n) is 4.23. The predicted molar refractivity (Wildman–Crippen MR) is 93.3 cm³/mol. The molecule has 2 aromatic heterocycles.